The highest BCUT2D eigenvalue weighted by molar-refractivity contribution is 5.76. The number of carbonyl (C=O) groups excluding carboxylic acids is 2. The van der Waals surface area contributed by atoms with Crippen LogP contribution in [0.25, 0.3) is 0 Å². The molecule has 152 valence electrons. The molecule has 6 nitrogen and oxygen atoms in total. The van der Waals surface area contributed by atoms with Crippen molar-refractivity contribution in [3.63, 3.8) is 0 Å². The molecule has 0 saturated carbocycles. The van der Waals surface area contributed by atoms with Crippen molar-refractivity contribution in [1.29, 1.82) is 0 Å². The number of nitrogens with one attached hydrogen (secondary N) is 2. The Hall–Kier alpha value is -1.92. The first-order valence-corrected chi connectivity index (χ1v) is 9.52. The maximum atomic E-state index is 12.5. The molecule has 0 saturated heterocycles. The number of ether oxygens (including phenoxy) is 1. The SMILES string of the molecule is CC(C)C[C@H](NC(C)c1ccc(CCC(=O)NO)cc1)C(=O)OC(C)(C)C. The number of carbonyl (C=O) groups is 2. The fourth-order valence-electron chi connectivity index (χ4n) is 2.76. The third-order valence-corrected chi connectivity index (χ3v) is 4.09. The molecule has 0 radical (unpaired) electrons. The molecule has 1 amide bonds. The molecule has 0 bridgehead atoms. The van der Waals surface area contributed by atoms with E-state index in [1.165, 1.54) is 0 Å². The van der Waals surface area contributed by atoms with Crippen LogP contribution < -0.4 is 10.8 Å². The predicted molar refractivity (Wildman–Crippen MR) is 105 cm³/mol. The van der Waals surface area contributed by atoms with Gasteiger partial charge in [-0.1, -0.05) is 38.1 Å². The zero-order chi connectivity index (χ0) is 20.6. The zero-order valence-corrected chi connectivity index (χ0v) is 17.3. The Morgan fingerprint density at radius 1 is 1.11 bits per heavy atom. The molecule has 0 aliphatic carbocycles. The lowest BCUT2D eigenvalue weighted by molar-refractivity contribution is -0.158. The van der Waals surface area contributed by atoms with Crippen molar-refractivity contribution in [3.05, 3.63) is 35.4 Å². The van der Waals surface area contributed by atoms with Crippen molar-refractivity contribution in [2.24, 2.45) is 5.92 Å². The van der Waals surface area contributed by atoms with Crippen molar-refractivity contribution < 1.29 is 19.5 Å². The molecular formula is C21H34N2O4. The molecule has 3 N–H and O–H groups in total. The first kappa shape index (κ1) is 23.1. The second-order valence-electron chi connectivity index (χ2n) is 8.38. The van der Waals surface area contributed by atoms with Crippen molar-refractivity contribution in [3.8, 4) is 0 Å². The van der Waals surface area contributed by atoms with Gasteiger partial charge < -0.3 is 4.74 Å². The summed E-state index contributed by atoms with van der Waals surface area (Å²) in [7, 11) is 0. The minimum absolute atomic E-state index is 0.0175. The van der Waals surface area contributed by atoms with E-state index < -0.39 is 11.5 Å². The largest absolute Gasteiger partial charge is 0.459 e. The number of rotatable bonds is 9. The van der Waals surface area contributed by atoms with E-state index in [0.29, 0.717) is 18.8 Å². The van der Waals surface area contributed by atoms with Crippen LogP contribution in [0, 0.1) is 5.92 Å². The molecule has 0 spiro atoms. The van der Waals surface area contributed by atoms with Crippen LogP contribution in [-0.2, 0) is 20.7 Å². The number of hydrogen-bond donors (Lipinski definition) is 3. The van der Waals surface area contributed by atoms with Crippen LogP contribution in [0.4, 0.5) is 0 Å². The topological polar surface area (TPSA) is 87.7 Å². The van der Waals surface area contributed by atoms with Crippen molar-refractivity contribution in [2.45, 2.75) is 78.5 Å². The lowest BCUT2D eigenvalue weighted by Gasteiger charge is -2.28. The Morgan fingerprint density at radius 3 is 2.19 bits per heavy atom. The standard InChI is InChI=1S/C21H34N2O4/c1-14(2)13-18(20(25)27-21(4,5)6)22-15(3)17-10-7-16(8-11-17)9-12-19(24)23-26/h7-8,10-11,14-15,18,22,26H,9,12-13H2,1-6H3,(H,23,24)/t15?,18-/m0/s1. The predicted octanol–water partition coefficient (Wildman–Crippen LogP) is 3.53. The molecule has 0 fully saturated rings. The van der Waals surface area contributed by atoms with E-state index in [4.69, 9.17) is 9.94 Å². The van der Waals surface area contributed by atoms with Gasteiger partial charge in [0.15, 0.2) is 0 Å². The lowest BCUT2D eigenvalue weighted by Crippen LogP contribution is -2.43. The van der Waals surface area contributed by atoms with Gasteiger partial charge in [0.1, 0.15) is 11.6 Å². The first-order chi connectivity index (χ1) is 12.5. The van der Waals surface area contributed by atoms with Crippen LogP contribution in [0.2, 0.25) is 0 Å². The Labute approximate surface area is 162 Å². The third-order valence-electron chi connectivity index (χ3n) is 4.09. The molecule has 1 rings (SSSR count). The van der Waals surface area contributed by atoms with Crippen LogP contribution >= 0.6 is 0 Å². The fourth-order valence-corrected chi connectivity index (χ4v) is 2.76. The van der Waals surface area contributed by atoms with E-state index in [0.717, 1.165) is 11.1 Å². The average molecular weight is 379 g/mol. The van der Waals surface area contributed by atoms with Gasteiger partial charge in [-0.05, 0) is 57.6 Å². The van der Waals surface area contributed by atoms with Gasteiger partial charge in [0.2, 0.25) is 5.91 Å². The summed E-state index contributed by atoms with van der Waals surface area (Å²) < 4.78 is 5.56. The second kappa shape index (κ2) is 10.4. The number of aryl methyl sites for hydroxylation is 1. The lowest BCUT2D eigenvalue weighted by atomic mass is 9.99. The molecule has 0 aliphatic rings. The minimum Gasteiger partial charge on any atom is -0.459 e. The van der Waals surface area contributed by atoms with E-state index in [2.05, 4.69) is 19.2 Å². The van der Waals surface area contributed by atoms with E-state index in [-0.39, 0.29) is 24.5 Å². The van der Waals surface area contributed by atoms with Crippen LogP contribution in [0.1, 0.15) is 71.6 Å². The highest BCUT2D eigenvalue weighted by Gasteiger charge is 2.27. The van der Waals surface area contributed by atoms with Gasteiger partial charge in [-0.3, -0.25) is 20.1 Å². The van der Waals surface area contributed by atoms with Crippen molar-refractivity contribution in [2.75, 3.05) is 0 Å². The number of benzene rings is 1. The molecule has 0 heterocycles. The maximum absolute atomic E-state index is 12.5. The highest BCUT2D eigenvalue weighted by Crippen LogP contribution is 2.19. The summed E-state index contributed by atoms with van der Waals surface area (Å²) in [5.41, 5.74) is 3.19. The second-order valence-corrected chi connectivity index (χ2v) is 8.38. The third kappa shape index (κ3) is 9.02. The van der Waals surface area contributed by atoms with Crippen molar-refractivity contribution >= 4 is 11.9 Å². The van der Waals surface area contributed by atoms with E-state index in [9.17, 15) is 9.59 Å². The summed E-state index contributed by atoms with van der Waals surface area (Å²) >= 11 is 0. The fraction of sp³-hybridized carbons (Fsp3) is 0.619. The van der Waals surface area contributed by atoms with Gasteiger partial charge >= 0.3 is 5.97 Å². The molecule has 0 aliphatic heterocycles. The monoisotopic (exact) mass is 378 g/mol. The van der Waals surface area contributed by atoms with Gasteiger partial charge in [-0.15, -0.1) is 0 Å². The van der Waals surface area contributed by atoms with Crippen molar-refractivity contribution in [1.82, 2.24) is 10.8 Å². The molecular weight excluding hydrogens is 344 g/mol. The number of hydrogen-bond acceptors (Lipinski definition) is 5. The first-order valence-electron chi connectivity index (χ1n) is 9.52. The Bertz CT molecular complexity index is 606. The molecule has 1 unspecified atom stereocenters. The number of esters is 1. The Kier molecular flexibility index (Phi) is 8.93. The van der Waals surface area contributed by atoms with Gasteiger partial charge in [0, 0.05) is 12.5 Å². The summed E-state index contributed by atoms with van der Waals surface area (Å²) in [6.07, 6.45) is 1.49. The van der Waals surface area contributed by atoms with Crippen LogP contribution in [0.3, 0.4) is 0 Å². The quantitative estimate of drug-likeness (QED) is 0.348. The normalized spacial score (nSPS) is 13.9. The summed E-state index contributed by atoms with van der Waals surface area (Å²) in [6.45, 7) is 11.8. The van der Waals surface area contributed by atoms with E-state index in [1.807, 2.05) is 52.0 Å². The van der Waals surface area contributed by atoms with Crippen LogP contribution in [0.5, 0.6) is 0 Å². The van der Waals surface area contributed by atoms with E-state index in [1.54, 1.807) is 5.48 Å². The highest BCUT2D eigenvalue weighted by atomic mass is 16.6. The minimum atomic E-state index is -0.514. The molecule has 1 aromatic rings. The maximum Gasteiger partial charge on any atom is 0.323 e. The summed E-state index contributed by atoms with van der Waals surface area (Å²) in [4.78, 5) is 23.7. The molecule has 0 aromatic heterocycles. The Morgan fingerprint density at radius 2 is 1.70 bits per heavy atom. The molecule has 27 heavy (non-hydrogen) atoms. The van der Waals surface area contributed by atoms with Crippen LogP contribution in [-0.4, -0.2) is 28.7 Å². The number of amides is 1. The summed E-state index contributed by atoms with van der Waals surface area (Å²) in [6, 6.07) is 7.52. The van der Waals surface area contributed by atoms with Gasteiger partial charge in [0.25, 0.3) is 0 Å². The molecule has 1 aromatic carbocycles. The molecule has 6 heteroatoms. The Balaban J connectivity index is 2.75. The summed E-state index contributed by atoms with van der Waals surface area (Å²) in [5.74, 6) is -0.264. The molecule has 2 atom stereocenters. The van der Waals surface area contributed by atoms with Gasteiger partial charge in [-0.25, -0.2) is 5.48 Å². The smallest absolute Gasteiger partial charge is 0.323 e. The summed E-state index contributed by atoms with van der Waals surface area (Å²) in [5, 5.41) is 11.9. The zero-order valence-electron chi connectivity index (χ0n) is 17.3. The van der Waals surface area contributed by atoms with Crippen LogP contribution in [0.15, 0.2) is 24.3 Å². The van der Waals surface area contributed by atoms with Gasteiger partial charge in [-0.2, -0.15) is 0 Å². The average Bonchev–Trinajstić information content (AvgIpc) is 2.57. The van der Waals surface area contributed by atoms with Gasteiger partial charge in [0.05, 0.1) is 0 Å². The van der Waals surface area contributed by atoms with E-state index >= 15 is 0 Å². The number of hydroxylamine groups is 1.